The first-order valence-corrected chi connectivity index (χ1v) is 4.95. The Labute approximate surface area is 85.3 Å². The van der Waals surface area contributed by atoms with Gasteiger partial charge in [-0.15, -0.1) is 0 Å². The second kappa shape index (κ2) is 4.78. The molecule has 0 spiro atoms. The number of carbonyl (C=O) groups excluding carboxylic acids is 1. The molecule has 0 heterocycles. The summed E-state index contributed by atoms with van der Waals surface area (Å²) in [7, 11) is 0. The summed E-state index contributed by atoms with van der Waals surface area (Å²) in [6, 6.07) is 9.19. The molecule has 0 aliphatic heterocycles. The van der Waals surface area contributed by atoms with Gasteiger partial charge in [-0.25, -0.2) is 0 Å². The van der Waals surface area contributed by atoms with Gasteiger partial charge in [0.2, 0.25) is 0 Å². The third-order valence-corrected chi connectivity index (χ3v) is 2.16. The molecule has 1 aromatic rings. The standard InChI is InChI=1S/C10H8BrNO/c11-7-10(13)9-3-1-2-8(6-9)4-5-12/h1-3,6H,4,7H2. The van der Waals surface area contributed by atoms with Gasteiger partial charge in [0.25, 0.3) is 0 Å². The van der Waals surface area contributed by atoms with Crippen LogP contribution in [0.1, 0.15) is 15.9 Å². The van der Waals surface area contributed by atoms with Crippen LogP contribution in [0.5, 0.6) is 0 Å². The monoisotopic (exact) mass is 237 g/mol. The summed E-state index contributed by atoms with van der Waals surface area (Å²) in [6.45, 7) is 0. The molecule has 13 heavy (non-hydrogen) atoms. The summed E-state index contributed by atoms with van der Waals surface area (Å²) in [5.41, 5.74) is 1.54. The predicted octanol–water partition coefficient (Wildman–Crippen LogP) is 2.33. The molecular weight excluding hydrogens is 230 g/mol. The van der Waals surface area contributed by atoms with Crippen molar-refractivity contribution in [1.29, 1.82) is 5.26 Å². The van der Waals surface area contributed by atoms with Crippen molar-refractivity contribution in [3.63, 3.8) is 0 Å². The number of rotatable bonds is 3. The Morgan fingerprint density at radius 3 is 2.92 bits per heavy atom. The second-order valence-corrected chi connectivity index (χ2v) is 3.15. The van der Waals surface area contributed by atoms with Gasteiger partial charge in [0.15, 0.2) is 5.78 Å². The first-order chi connectivity index (χ1) is 6.27. The van der Waals surface area contributed by atoms with E-state index in [0.717, 1.165) is 5.56 Å². The molecule has 3 heteroatoms. The highest BCUT2D eigenvalue weighted by molar-refractivity contribution is 9.09. The van der Waals surface area contributed by atoms with Crippen LogP contribution in [0.4, 0.5) is 0 Å². The van der Waals surface area contributed by atoms with Crippen LogP contribution in [0.2, 0.25) is 0 Å². The molecule has 0 aliphatic carbocycles. The minimum Gasteiger partial charge on any atom is -0.293 e. The minimum atomic E-state index is 0.0415. The Bertz CT molecular complexity index is 354. The van der Waals surface area contributed by atoms with Crippen molar-refractivity contribution in [2.24, 2.45) is 0 Å². The Hall–Kier alpha value is -1.14. The van der Waals surface area contributed by atoms with Gasteiger partial charge < -0.3 is 0 Å². The second-order valence-electron chi connectivity index (χ2n) is 2.59. The van der Waals surface area contributed by atoms with Crippen LogP contribution in [0.25, 0.3) is 0 Å². The van der Waals surface area contributed by atoms with Gasteiger partial charge in [-0.2, -0.15) is 5.26 Å². The molecule has 0 N–H and O–H groups in total. The van der Waals surface area contributed by atoms with E-state index < -0.39 is 0 Å². The highest BCUT2D eigenvalue weighted by Crippen LogP contribution is 2.07. The van der Waals surface area contributed by atoms with Gasteiger partial charge in [0.05, 0.1) is 17.8 Å². The van der Waals surface area contributed by atoms with Gasteiger partial charge in [-0.1, -0.05) is 34.1 Å². The lowest BCUT2D eigenvalue weighted by atomic mass is 10.1. The Morgan fingerprint density at radius 2 is 2.31 bits per heavy atom. The van der Waals surface area contributed by atoms with Crippen molar-refractivity contribution in [2.75, 3.05) is 5.33 Å². The third-order valence-electron chi connectivity index (χ3n) is 1.65. The van der Waals surface area contributed by atoms with Crippen molar-refractivity contribution in [3.8, 4) is 6.07 Å². The lowest BCUT2D eigenvalue weighted by Gasteiger charge is -1.98. The molecule has 0 aliphatic rings. The van der Waals surface area contributed by atoms with Crippen LogP contribution in [0.3, 0.4) is 0 Å². The number of ketones is 1. The lowest BCUT2D eigenvalue weighted by Crippen LogP contribution is -2.00. The van der Waals surface area contributed by atoms with E-state index in [1.807, 2.05) is 12.1 Å². The van der Waals surface area contributed by atoms with Crippen molar-refractivity contribution in [1.82, 2.24) is 0 Å². The molecule has 0 bridgehead atoms. The van der Waals surface area contributed by atoms with Crippen LogP contribution < -0.4 is 0 Å². The molecule has 0 saturated carbocycles. The van der Waals surface area contributed by atoms with Gasteiger partial charge in [-0.05, 0) is 11.6 Å². The van der Waals surface area contributed by atoms with E-state index in [4.69, 9.17) is 5.26 Å². The molecule has 1 rings (SSSR count). The van der Waals surface area contributed by atoms with E-state index in [1.54, 1.807) is 18.2 Å². The van der Waals surface area contributed by atoms with Crippen LogP contribution in [-0.2, 0) is 6.42 Å². The Kier molecular flexibility index (Phi) is 3.66. The molecule has 0 atom stereocenters. The van der Waals surface area contributed by atoms with Crippen molar-refractivity contribution < 1.29 is 4.79 Å². The molecule has 0 unspecified atom stereocenters. The number of hydrogen-bond donors (Lipinski definition) is 0. The molecular formula is C10H8BrNO. The fraction of sp³-hybridized carbons (Fsp3) is 0.200. The number of hydrogen-bond acceptors (Lipinski definition) is 2. The van der Waals surface area contributed by atoms with E-state index in [9.17, 15) is 4.79 Å². The third kappa shape index (κ3) is 2.67. The lowest BCUT2D eigenvalue weighted by molar-refractivity contribution is 0.102. The molecule has 66 valence electrons. The van der Waals surface area contributed by atoms with Crippen LogP contribution in [-0.4, -0.2) is 11.1 Å². The summed E-state index contributed by atoms with van der Waals surface area (Å²) in [5.74, 6) is 0.0415. The quantitative estimate of drug-likeness (QED) is 0.599. The Balaban J connectivity index is 2.93. The Morgan fingerprint density at radius 1 is 1.54 bits per heavy atom. The van der Waals surface area contributed by atoms with Crippen molar-refractivity contribution in [3.05, 3.63) is 35.4 Å². The molecule has 0 radical (unpaired) electrons. The highest BCUT2D eigenvalue weighted by Gasteiger charge is 2.03. The maximum atomic E-state index is 11.2. The average Bonchev–Trinajstić information content (AvgIpc) is 2.18. The topological polar surface area (TPSA) is 40.9 Å². The van der Waals surface area contributed by atoms with Gasteiger partial charge in [0.1, 0.15) is 0 Å². The number of benzene rings is 1. The SMILES string of the molecule is N#CCc1cccc(C(=O)CBr)c1. The molecule has 0 saturated heterocycles. The molecule has 1 aromatic carbocycles. The van der Waals surface area contributed by atoms with Crippen LogP contribution in [0, 0.1) is 11.3 Å². The summed E-state index contributed by atoms with van der Waals surface area (Å²) in [4.78, 5) is 11.2. The molecule has 0 fully saturated rings. The van der Waals surface area contributed by atoms with E-state index in [-0.39, 0.29) is 5.78 Å². The number of nitriles is 1. The maximum Gasteiger partial charge on any atom is 0.173 e. The number of halogens is 1. The molecule has 0 amide bonds. The zero-order valence-electron chi connectivity index (χ0n) is 6.96. The van der Waals surface area contributed by atoms with E-state index in [1.165, 1.54) is 0 Å². The van der Waals surface area contributed by atoms with E-state index >= 15 is 0 Å². The average molecular weight is 238 g/mol. The minimum absolute atomic E-state index is 0.0415. The number of nitrogens with zero attached hydrogens (tertiary/aromatic N) is 1. The van der Waals surface area contributed by atoms with Crippen molar-refractivity contribution in [2.45, 2.75) is 6.42 Å². The fourth-order valence-corrected chi connectivity index (χ4v) is 1.35. The normalized spacial score (nSPS) is 9.23. The highest BCUT2D eigenvalue weighted by atomic mass is 79.9. The van der Waals surface area contributed by atoms with E-state index in [2.05, 4.69) is 15.9 Å². The number of Topliss-reactive ketones (excluding diaryl/α,β-unsaturated/α-hetero) is 1. The van der Waals surface area contributed by atoms with Crippen LogP contribution in [0.15, 0.2) is 24.3 Å². The van der Waals surface area contributed by atoms with Crippen molar-refractivity contribution >= 4 is 21.7 Å². The van der Waals surface area contributed by atoms with E-state index in [0.29, 0.717) is 17.3 Å². The summed E-state index contributed by atoms with van der Waals surface area (Å²) in [5, 5.41) is 8.78. The first kappa shape index (κ1) is 9.94. The maximum absolute atomic E-state index is 11.2. The first-order valence-electron chi connectivity index (χ1n) is 3.83. The smallest absolute Gasteiger partial charge is 0.173 e. The zero-order valence-corrected chi connectivity index (χ0v) is 8.54. The van der Waals surface area contributed by atoms with Crippen LogP contribution >= 0.6 is 15.9 Å². The summed E-state index contributed by atoms with van der Waals surface area (Å²) in [6.07, 6.45) is 0.351. The van der Waals surface area contributed by atoms with Gasteiger partial charge in [0, 0.05) is 5.56 Å². The van der Waals surface area contributed by atoms with Gasteiger partial charge in [-0.3, -0.25) is 4.79 Å². The molecule has 0 aromatic heterocycles. The zero-order chi connectivity index (χ0) is 9.68. The fourth-order valence-electron chi connectivity index (χ4n) is 1.02. The molecule has 2 nitrogen and oxygen atoms in total. The van der Waals surface area contributed by atoms with Gasteiger partial charge >= 0.3 is 0 Å². The number of carbonyl (C=O) groups is 1. The summed E-state index contributed by atoms with van der Waals surface area (Å²) >= 11 is 3.10. The largest absolute Gasteiger partial charge is 0.293 e. The number of alkyl halides is 1. The summed E-state index contributed by atoms with van der Waals surface area (Å²) < 4.78 is 0. The predicted molar refractivity (Wildman–Crippen MR) is 53.9 cm³/mol.